The van der Waals surface area contributed by atoms with Gasteiger partial charge in [0, 0.05) is 4.88 Å². The van der Waals surface area contributed by atoms with Crippen LogP contribution in [0.25, 0.3) is 0 Å². The maximum atomic E-state index is 11.3. The number of sulfonamides is 1. The molecule has 4 nitrogen and oxygen atoms in total. The van der Waals surface area contributed by atoms with E-state index < -0.39 is 10.0 Å². The van der Waals surface area contributed by atoms with Crippen molar-refractivity contribution in [1.82, 2.24) is 4.98 Å². The van der Waals surface area contributed by atoms with Crippen molar-refractivity contribution in [2.24, 2.45) is 0 Å². The van der Waals surface area contributed by atoms with Crippen LogP contribution < -0.4 is 4.72 Å². The van der Waals surface area contributed by atoms with Gasteiger partial charge >= 0.3 is 0 Å². The van der Waals surface area contributed by atoms with Gasteiger partial charge in [0.25, 0.3) is 0 Å². The summed E-state index contributed by atoms with van der Waals surface area (Å²) in [5, 5.41) is 0.492. The van der Waals surface area contributed by atoms with E-state index in [1.165, 1.54) is 21.8 Å². The Labute approximate surface area is 122 Å². The van der Waals surface area contributed by atoms with E-state index in [-0.39, 0.29) is 0 Å². The minimum atomic E-state index is -3.24. The third kappa shape index (κ3) is 3.02. The zero-order valence-corrected chi connectivity index (χ0v) is 12.8. The topological polar surface area (TPSA) is 59.1 Å². The molecule has 0 fully saturated rings. The van der Waals surface area contributed by atoms with Crippen molar-refractivity contribution in [2.45, 2.75) is 25.2 Å². The fourth-order valence-corrected chi connectivity index (χ4v) is 4.51. The molecule has 0 saturated carbocycles. The number of fused-ring (bicyclic) bond motifs is 1. The number of benzene rings is 1. The first-order valence-electron chi connectivity index (χ1n) is 6.52. The molecule has 6 heteroatoms. The molecule has 0 radical (unpaired) electrons. The van der Waals surface area contributed by atoms with Crippen LogP contribution in [0.4, 0.5) is 5.13 Å². The van der Waals surface area contributed by atoms with E-state index >= 15 is 0 Å². The summed E-state index contributed by atoms with van der Waals surface area (Å²) in [4.78, 5) is 5.60. The van der Waals surface area contributed by atoms with Crippen molar-refractivity contribution in [3.8, 4) is 0 Å². The molecule has 1 aliphatic rings. The van der Waals surface area contributed by atoms with Crippen molar-refractivity contribution in [2.75, 3.05) is 11.0 Å². The van der Waals surface area contributed by atoms with Gasteiger partial charge in [-0.3, -0.25) is 4.72 Å². The van der Waals surface area contributed by atoms with Crippen molar-refractivity contribution in [3.05, 3.63) is 46.5 Å². The summed E-state index contributed by atoms with van der Waals surface area (Å²) in [7, 11) is -3.24. The molecular formula is C14H16N2O2S2. The van der Waals surface area contributed by atoms with Gasteiger partial charge in [0.1, 0.15) is 0 Å². The first kappa shape index (κ1) is 13.6. The van der Waals surface area contributed by atoms with Crippen LogP contribution in [0.2, 0.25) is 0 Å². The highest BCUT2D eigenvalue weighted by Gasteiger charge is 2.24. The first-order chi connectivity index (χ1) is 9.51. The van der Waals surface area contributed by atoms with Crippen LogP contribution in [0, 0.1) is 0 Å². The molecule has 2 aromatic rings. The summed E-state index contributed by atoms with van der Waals surface area (Å²) < 4.78 is 25.0. The highest BCUT2D eigenvalue weighted by Crippen LogP contribution is 2.36. The van der Waals surface area contributed by atoms with Crippen LogP contribution >= 0.6 is 11.3 Å². The second kappa shape index (κ2) is 5.18. The molecule has 20 heavy (non-hydrogen) atoms. The maximum absolute atomic E-state index is 11.3. The van der Waals surface area contributed by atoms with Gasteiger partial charge in [0.15, 0.2) is 5.13 Å². The minimum Gasteiger partial charge on any atom is -0.259 e. The molecule has 1 heterocycles. The van der Waals surface area contributed by atoms with Crippen molar-refractivity contribution in [3.63, 3.8) is 0 Å². The summed E-state index contributed by atoms with van der Waals surface area (Å²) in [6.07, 6.45) is 4.08. The van der Waals surface area contributed by atoms with E-state index in [1.807, 2.05) is 6.07 Å². The van der Waals surface area contributed by atoms with Crippen LogP contribution in [0.5, 0.6) is 0 Å². The second-order valence-corrected chi connectivity index (χ2v) is 7.95. The Morgan fingerprint density at radius 1 is 1.30 bits per heavy atom. The average molecular weight is 308 g/mol. The predicted molar refractivity (Wildman–Crippen MR) is 81.8 cm³/mol. The number of nitrogens with zero attached hydrogens (tertiary/aromatic N) is 1. The van der Waals surface area contributed by atoms with E-state index in [2.05, 4.69) is 34.0 Å². The molecule has 106 valence electrons. The molecule has 0 amide bonds. The number of hydrogen-bond donors (Lipinski definition) is 1. The number of anilines is 1. The van der Waals surface area contributed by atoms with E-state index in [9.17, 15) is 8.42 Å². The number of hydrogen-bond acceptors (Lipinski definition) is 4. The minimum absolute atomic E-state index is 0.492. The highest BCUT2D eigenvalue weighted by molar-refractivity contribution is 7.92. The monoisotopic (exact) mass is 308 g/mol. The lowest BCUT2D eigenvalue weighted by Crippen LogP contribution is -2.11. The lowest BCUT2D eigenvalue weighted by atomic mass is 9.85. The highest BCUT2D eigenvalue weighted by atomic mass is 32.2. The molecule has 0 bridgehead atoms. The Kier molecular flexibility index (Phi) is 3.52. The molecule has 1 aliphatic carbocycles. The van der Waals surface area contributed by atoms with Gasteiger partial charge in [-0.2, -0.15) is 0 Å². The molecule has 3 rings (SSSR count). The Morgan fingerprint density at radius 2 is 2.05 bits per heavy atom. The van der Waals surface area contributed by atoms with Crippen LogP contribution in [0.1, 0.15) is 28.5 Å². The molecule has 0 aliphatic heterocycles. The standard InChI is InChI=1S/C14H16N2O2S2/c1-20(17,18)16-14-15-12-8-7-11(9-13(12)19-14)10-5-3-2-4-6-10/h2-6,11H,7-9H2,1H3,(H,15,16)/t11-/m0/s1. The van der Waals surface area contributed by atoms with Gasteiger partial charge in [0.2, 0.25) is 10.0 Å². The zero-order valence-electron chi connectivity index (χ0n) is 11.2. The number of rotatable bonds is 3. The lowest BCUT2D eigenvalue weighted by molar-refractivity contribution is 0.584. The number of nitrogens with one attached hydrogen (secondary N) is 1. The Bertz CT molecular complexity index is 708. The summed E-state index contributed by atoms with van der Waals surface area (Å²) in [6.45, 7) is 0. The predicted octanol–water partition coefficient (Wildman–Crippen LogP) is 2.79. The third-order valence-corrected chi connectivity index (χ3v) is 5.21. The van der Waals surface area contributed by atoms with Crippen LogP contribution in [0.3, 0.4) is 0 Å². The third-order valence-electron chi connectivity index (χ3n) is 3.48. The van der Waals surface area contributed by atoms with E-state index in [0.29, 0.717) is 11.0 Å². The molecule has 0 spiro atoms. The van der Waals surface area contributed by atoms with E-state index in [0.717, 1.165) is 31.2 Å². The van der Waals surface area contributed by atoms with Gasteiger partial charge in [-0.1, -0.05) is 30.3 Å². The van der Waals surface area contributed by atoms with Crippen LogP contribution in [-0.4, -0.2) is 19.7 Å². The summed E-state index contributed by atoms with van der Waals surface area (Å²) in [5.41, 5.74) is 2.40. The van der Waals surface area contributed by atoms with E-state index in [4.69, 9.17) is 0 Å². The average Bonchev–Trinajstić information content (AvgIpc) is 2.78. The molecule has 0 saturated heterocycles. The summed E-state index contributed by atoms with van der Waals surface area (Å²) in [6, 6.07) is 10.5. The van der Waals surface area contributed by atoms with Crippen LogP contribution in [-0.2, 0) is 22.9 Å². The molecule has 1 atom stereocenters. The maximum Gasteiger partial charge on any atom is 0.231 e. The quantitative estimate of drug-likeness (QED) is 0.948. The van der Waals surface area contributed by atoms with Gasteiger partial charge in [-0.05, 0) is 30.7 Å². The van der Waals surface area contributed by atoms with Gasteiger partial charge in [0.05, 0.1) is 11.9 Å². The largest absolute Gasteiger partial charge is 0.259 e. The van der Waals surface area contributed by atoms with Crippen molar-refractivity contribution in [1.29, 1.82) is 0 Å². The fraction of sp³-hybridized carbons (Fsp3) is 0.357. The molecular weight excluding hydrogens is 292 g/mol. The fourth-order valence-electron chi connectivity index (χ4n) is 2.59. The second-order valence-electron chi connectivity index (χ2n) is 5.11. The smallest absolute Gasteiger partial charge is 0.231 e. The molecule has 1 aromatic heterocycles. The van der Waals surface area contributed by atoms with Gasteiger partial charge in [-0.25, -0.2) is 13.4 Å². The molecule has 1 N–H and O–H groups in total. The Hall–Kier alpha value is -1.40. The molecule has 1 aromatic carbocycles. The van der Waals surface area contributed by atoms with Crippen molar-refractivity contribution < 1.29 is 8.42 Å². The lowest BCUT2D eigenvalue weighted by Gasteiger charge is -2.21. The SMILES string of the molecule is CS(=O)(=O)Nc1nc2c(s1)C[C@@H](c1ccccc1)CC2. The van der Waals surface area contributed by atoms with Crippen molar-refractivity contribution >= 4 is 26.5 Å². The Balaban J connectivity index is 1.82. The zero-order chi connectivity index (χ0) is 14.2. The number of aromatic nitrogens is 1. The van der Waals surface area contributed by atoms with Crippen LogP contribution in [0.15, 0.2) is 30.3 Å². The van der Waals surface area contributed by atoms with E-state index in [1.54, 1.807) is 0 Å². The van der Waals surface area contributed by atoms with Gasteiger partial charge < -0.3 is 0 Å². The van der Waals surface area contributed by atoms with Gasteiger partial charge in [-0.15, -0.1) is 11.3 Å². The number of thiazole rings is 1. The number of aryl methyl sites for hydroxylation is 1. The Morgan fingerprint density at radius 3 is 2.75 bits per heavy atom. The summed E-state index contributed by atoms with van der Waals surface area (Å²) in [5.74, 6) is 0.509. The summed E-state index contributed by atoms with van der Waals surface area (Å²) >= 11 is 1.46. The molecule has 0 unspecified atom stereocenters. The normalized spacial score (nSPS) is 18.6. The first-order valence-corrected chi connectivity index (χ1v) is 9.23.